The smallest absolute Gasteiger partial charge is 0.233 e. The number of halogens is 1. The van der Waals surface area contributed by atoms with Gasteiger partial charge < -0.3 is 9.80 Å². The van der Waals surface area contributed by atoms with Gasteiger partial charge in [0.2, 0.25) is 5.91 Å². The quantitative estimate of drug-likeness (QED) is 0.656. The third-order valence-electron chi connectivity index (χ3n) is 3.53. The van der Waals surface area contributed by atoms with Crippen molar-refractivity contribution in [1.82, 2.24) is 9.80 Å². The fourth-order valence-corrected chi connectivity index (χ4v) is 3.08. The van der Waals surface area contributed by atoms with Gasteiger partial charge in [-0.3, -0.25) is 4.79 Å². The minimum absolute atomic E-state index is 0.247. The van der Waals surface area contributed by atoms with Crippen LogP contribution >= 0.6 is 15.9 Å². The second-order valence-corrected chi connectivity index (χ2v) is 5.25. The van der Waals surface area contributed by atoms with Crippen LogP contribution in [0.2, 0.25) is 0 Å². The van der Waals surface area contributed by atoms with E-state index >= 15 is 0 Å². The SMILES string of the molecule is CN1CCC2(CCN(C(=O)CBr)C2)C1. The highest BCUT2D eigenvalue weighted by molar-refractivity contribution is 9.09. The fourth-order valence-electron chi connectivity index (χ4n) is 2.72. The lowest BCUT2D eigenvalue weighted by Gasteiger charge is -2.23. The first kappa shape index (κ1) is 10.4. The van der Waals surface area contributed by atoms with E-state index in [2.05, 4.69) is 27.9 Å². The van der Waals surface area contributed by atoms with Crippen molar-refractivity contribution >= 4 is 21.8 Å². The largest absolute Gasteiger partial charge is 0.341 e. The van der Waals surface area contributed by atoms with E-state index in [0.29, 0.717) is 10.7 Å². The summed E-state index contributed by atoms with van der Waals surface area (Å²) in [7, 11) is 2.17. The molecule has 0 radical (unpaired) electrons. The van der Waals surface area contributed by atoms with Gasteiger partial charge >= 0.3 is 0 Å². The van der Waals surface area contributed by atoms with Gasteiger partial charge in [-0.25, -0.2) is 0 Å². The molecule has 2 fully saturated rings. The lowest BCUT2D eigenvalue weighted by Crippen LogP contribution is -2.34. The zero-order valence-electron chi connectivity index (χ0n) is 8.63. The summed E-state index contributed by atoms with van der Waals surface area (Å²) in [5, 5.41) is 0.471. The van der Waals surface area contributed by atoms with E-state index in [0.717, 1.165) is 13.1 Å². The molecule has 0 N–H and O–H groups in total. The van der Waals surface area contributed by atoms with E-state index in [1.54, 1.807) is 0 Å². The summed E-state index contributed by atoms with van der Waals surface area (Å²) in [6, 6.07) is 0. The molecule has 2 heterocycles. The minimum Gasteiger partial charge on any atom is -0.341 e. The molecular formula is C10H17BrN2O. The molecule has 0 saturated carbocycles. The molecule has 2 saturated heterocycles. The lowest BCUT2D eigenvalue weighted by atomic mass is 9.86. The Morgan fingerprint density at radius 2 is 2.07 bits per heavy atom. The van der Waals surface area contributed by atoms with Crippen molar-refractivity contribution in [3.63, 3.8) is 0 Å². The van der Waals surface area contributed by atoms with Crippen LogP contribution in [0, 0.1) is 5.41 Å². The lowest BCUT2D eigenvalue weighted by molar-refractivity contribution is -0.127. The van der Waals surface area contributed by atoms with Crippen LogP contribution in [0.15, 0.2) is 0 Å². The molecular weight excluding hydrogens is 244 g/mol. The number of hydrogen-bond acceptors (Lipinski definition) is 2. The maximum atomic E-state index is 11.5. The number of alkyl halides is 1. The second kappa shape index (κ2) is 3.81. The standard InChI is InChI=1S/C10H17BrN2O/c1-12-4-2-10(7-12)3-5-13(8-10)9(14)6-11/h2-8H2,1H3. The van der Waals surface area contributed by atoms with Gasteiger partial charge in [-0.15, -0.1) is 0 Å². The summed E-state index contributed by atoms with van der Waals surface area (Å²) in [4.78, 5) is 15.9. The molecule has 0 bridgehead atoms. The normalized spacial score (nSPS) is 33.1. The van der Waals surface area contributed by atoms with E-state index < -0.39 is 0 Å². The van der Waals surface area contributed by atoms with Gasteiger partial charge in [0, 0.05) is 25.0 Å². The van der Waals surface area contributed by atoms with Crippen molar-refractivity contribution in [1.29, 1.82) is 0 Å². The molecule has 80 valence electrons. The van der Waals surface area contributed by atoms with Crippen LogP contribution in [0.5, 0.6) is 0 Å². The summed E-state index contributed by atoms with van der Waals surface area (Å²) in [6.45, 7) is 4.29. The molecule has 1 spiro atoms. The number of carbonyl (C=O) groups excluding carboxylic acids is 1. The van der Waals surface area contributed by atoms with Crippen molar-refractivity contribution < 1.29 is 4.79 Å². The van der Waals surface area contributed by atoms with E-state index in [-0.39, 0.29) is 5.91 Å². The van der Waals surface area contributed by atoms with Crippen LogP contribution in [0.4, 0.5) is 0 Å². The number of nitrogens with zero attached hydrogens (tertiary/aromatic N) is 2. The van der Waals surface area contributed by atoms with Crippen LogP contribution in [-0.2, 0) is 4.79 Å². The van der Waals surface area contributed by atoms with E-state index in [9.17, 15) is 4.79 Å². The Hall–Kier alpha value is -0.0900. The Morgan fingerprint density at radius 1 is 1.36 bits per heavy atom. The van der Waals surface area contributed by atoms with Gasteiger partial charge in [0.15, 0.2) is 0 Å². The first-order chi connectivity index (χ1) is 6.65. The first-order valence-electron chi connectivity index (χ1n) is 5.17. The van der Waals surface area contributed by atoms with E-state index in [1.807, 2.05) is 4.90 Å². The molecule has 1 atom stereocenters. The molecule has 1 amide bonds. The highest BCUT2D eigenvalue weighted by Gasteiger charge is 2.43. The molecule has 0 aromatic rings. The van der Waals surface area contributed by atoms with Gasteiger partial charge in [-0.1, -0.05) is 15.9 Å². The van der Waals surface area contributed by atoms with Crippen LogP contribution in [0.1, 0.15) is 12.8 Å². The molecule has 1 unspecified atom stereocenters. The zero-order valence-corrected chi connectivity index (χ0v) is 10.2. The van der Waals surface area contributed by atoms with Crippen molar-refractivity contribution in [2.24, 2.45) is 5.41 Å². The Labute approximate surface area is 93.6 Å². The monoisotopic (exact) mass is 260 g/mol. The van der Waals surface area contributed by atoms with Crippen molar-refractivity contribution in [2.75, 3.05) is 38.6 Å². The molecule has 0 aliphatic carbocycles. The molecule has 3 nitrogen and oxygen atoms in total. The fraction of sp³-hybridized carbons (Fsp3) is 0.900. The molecule has 2 aliphatic heterocycles. The van der Waals surface area contributed by atoms with Crippen molar-refractivity contribution in [2.45, 2.75) is 12.8 Å². The third kappa shape index (κ3) is 1.82. The Morgan fingerprint density at radius 3 is 2.64 bits per heavy atom. The van der Waals surface area contributed by atoms with Crippen LogP contribution in [0.3, 0.4) is 0 Å². The number of carbonyl (C=O) groups is 1. The minimum atomic E-state index is 0.247. The summed E-state index contributed by atoms with van der Waals surface area (Å²) < 4.78 is 0. The zero-order chi connectivity index (χ0) is 10.2. The summed E-state index contributed by atoms with van der Waals surface area (Å²) in [6.07, 6.45) is 2.45. The molecule has 0 aromatic carbocycles. The number of likely N-dealkylation sites (tertiary alicyclic amines) is 2. The Kier molecular flexibility index (Phi) is 2.84. The first-order valence-corrected chi connectivity index (χ1v) is 6.30. The molecule has 14 heavy (non-hydrogen) atoms. The average Bonchev–Trinajstić information content (AvgIpc) is 2.74. The number of amides is 1. The van der Waals surface area contributed by atoms with Gasteiger partial charge in [0.25, 0.3) is 0 Å². The van der Waals surface area contributed by atoms with Crippen LogP contribution in [0.25, 0.3) is 0 Å². The maximum Gasteiger partial charge on any atom is 0.233 e. The van der Waals surface area contributed by atoms with Crippen LogP contribution in [-0.4, -0.2) is 54.3 Å². The van der Waals surface area contributed by atoms with Crippen LogP contribution < -0.4 is 0 Å². The second-order valence-electron chi connectivity index (χ2n) is 4.69. The average molecular weight is 261 g/mol. The predicted molar refractivity (Wildman–Crippen MR) is 59.5 cm³/mol. The van der Waals surface area contributed by atoms with Gasteiger partial charge in [0.1, 0.15) is 0 Å². The predicted octanol–water partition coefficient (Wildman–Crippen LogP) is 0.935. The molecule has 2 rings (SSSR count). The van der Waals surface area contributed by atoms with Gasteiger partial charge in [-0.2, -0.15) is 0 Å². The molecule has 2 aliphatic rings. The van der Waals surface area contributed by atoms with Crippen molar-refractivity contribution in [3.8, 4) is 0 Å². The topological polar surface area (TPSA) is 23.6 Å². The Balaban J connectivity index is 1.97. The molecule has 4 heteroatoms. The van der Waals surface area contributed by atoms with Gasteiger partial charge in [0.05, 0.1) is 5.33 Å². The maximum absolute atomic E-state index is 11.5. The summed E-state index contributed by atoms with van der Waals surface area (Å²) >= 11 is 3.23. The van der Waals surface area contributed by atoms with E-state index in [4.69, 9.17) is 0 Å². The highest BCUT2D eigenvalue weighted by Crippen LogP contribution is 2.38. The number of rotatable bonds is 1. The third-order valence-corrected chi connectivity index (χ3v) is 4.01. The highest BCUT2D eigenvalue weighted by atomic mass is 79.9. The van der Waals surface area contributed by atoms with E-state index in [1.165, 1.54) is 25.9 Å². The summed E-state index contributed by atoms with van der Waals surface area (Å²) in [5.41, 5.74) is 0.423. The molecule has 0 aromatic heterocycles. The van der Waals surface area contributed by atoms with Crippen molar-refractivity contribution in [3.05, 3.63) is 0 Å². The van der Waals surface area contributed by atoms with Gasteiger partial charge in [-0.05, 0) is 26.4 Å². The summed E-state index contributed by atoms with van der Waals surface area (Å²) in [5.74, 6) is 0.247. The number of hydrogen-bond donors (Lipinski definition) is 0. The Bertz CT molecular complexity index is 246.